The monoisotopic (exact) mass is 198 g/mol. The molecule has 0 bridgehead atoms. The molecule has 1 N–H and O–H groups in total. The van der Waals surface area contributed by atoms with Crippen molar-refractivity contribution < 1.29 is 19.4 Å². The Morgan fingerprint density at radius 1 is 1.43 bits per heavy atom. The van der Waals surface area contributed by atoms with Crippen molar-refractivity contribution in [3.63, 3.8) is 0 Å². The molecule has 14 heavy (non-hydrogen) atoms. The molecule has 0 aromatic carbocycles. The summed E-state index contributed by atoms with van der Waals surface area (Å²) in [5.74, 6) is -0.546. The number of allylic oxidation sites excluding steroid dienone is 2. The Hall–Kier alpha value is -1.42. The third kappa shape index (κ3) is 7.24. The Bertz CT molecular complexity index is 253. The van der Waals surface area contributed by atoms with Crippen LogP contribution >= 0.6 is 0 Å². The molecule has 0 aliphatic heterocycles. The summed E-state index contributed by atoms with van der Waals surface area (Å²) in [7, 11) is 1.28. The van der Waals surface area contributed by atoms with Crippen LogP contribution in [0.2, 0.25) is 0 Å². The number of carbonyl (C=O) groups is 2. The molecular weight excluding hydrogens is 184 g/mol. The molecular formula is C10H14O4. The Labute approximate surface area is 82.9 Å². The Balaban J connectivity index is 3.87. The van der Waals surface area contributed by atoms with E-state index >= 15 is 0 Å². The predicted octanol–water partition coefficient (Wildman–Crippen LogP) is 0.612. The molecule has 0 fully saturated rings. The van der Waals surface area contributed by atoms with Gasteiger partial charge in [-0.05, 0) is 6.92 Å². The molecule has 0 heterocycles. The average molecular weight is 198 g/mol. The molecule has 0 rings (SSSR count). The van der Waals surface area contributed by atoms with Crippen molar-refractivity contribution in [2.75, 3.05) is 7.11 Å². The van der Waals surface area contributed by atoms with Gasteiger partial charge >= 0.3 is 5.97 Å². The SMILES string of the molecule is COC(=O)/C=C/C=C/[C@@H](O)CC(C)=O. The number of Topliss-reactive ketones (excluding diaryl/α,β-unsaturated/α-hetero) is 1. The Morgan fingerprint density at radius 3 is 2.57 bits per heavy atom. The van der Waals surface area contributed by atoms with E-state index in [0.29, 0.717) is 0 Å². The van der Waals surface area contributed by atoms with Crippen LogP contribution in [0.4, 0.5) is 0 Å². The molecule has 0 spiro atoms. The number of ketones is 1. The number of hydrogen-bond donors (Lipinski definition) is 1. The van der Waals surface area contributed by atoms with Crippen LogP contribution in [-0.2, 0) is 14.3 Å². The number of esters is 1. The van der Waals surface area contributed by atoms with Gasteiger partial charge in [0.2, 0.25) is 0 Å². The minimum absolute atomic E-state index is 0.0842. The van der Waals surface area contributed by atoms with Crippen LogP contribution in [0.3, 0.4) is 0 Å². The van der Waals surface area contributed by atoms with Gasteiger partial charge in [-0.1, -0.05) is 18.2 Å². The second-order valence-corrected chi connectivity index (χ2v) is 2.74. The molecule has 0 unspecified atom stereocenters. The van der Waals surface area contributed by atoms with Gasteiger partial charge in [0.05, 0.1) is 13.2 Å². The van der Waals surface area contributed by atoms with E-state index in [4.69, 9.17) is 0 Å². The zero-order valence-corrected chi connectivity index (χ0v) is 8.27. The van der Waals surface area contributed by atoms with Gasteiger partial charge < -0.3 is 9.84 Å². The number of ether oxygens (including phenoxy) is 1. The first kappa shape index (κ1) is 12.6. The topological polar surface area (TPSA) is 63.6 Å². The number of carbonyl (C=O) groups excluding carboxylic acids is 2. The largest absolute Gasteiger partial charge is 0.466 e. The second-order valence-electron chi connectivity index (χ2n) is 2.74. The Kier molecular flexibility index (Phi) is 6.32. The molecule has 0 amide bonds. The van der Waals surface area contributed by atoms with Gasteiger partial charge in [-0.15, -0.1) is 0 Å². The zero-order chi connectivity index (χ0) is 11.0. The van der Waals surface area contributed by atoms with Crippen molar-refractivity contribution in [1.82, 2.24) is 0 Å². The van der Waals surface area contributed by atoms with Crippen molar-refractivity contribution in [3.05, 3.63) is 24.3 Å². The molecule has 0 aromatic heterocycles. The number of aliphatic hydroxyl groups excluding tert-OH is 1. The summed E-state index contributed by atoms with van der Waals surface area (Å²) in [6, 6.07) is 0. The Morgan fingerprint density at radius 2 is 2.07 bits per heavy atom. The summed E-state index contributed by atoms with van der Waals surface area (Å²) in [6.45, 7) is 1.40. The fourth-order valence-electron chi connectivity index (χ4n) is 0.757. The molecule has 4 nitrogen and oxygen atoms in total. The van der Waals surface area contributed by atoms with Crippen LogP contribution in [-0.4, -0.2) is 30.1 Å². The lowest BCUT2D eigenvalue weighted by atomic mass is 10.2. The minimum Gasteiger partial charge on any atom is -0.466 e. The lowest BCUT2D eigenvalue weighted by Crippen LogP contribution is -2.07. The van der Waals surface area contributed by atoms with Gasteiger partial charge in [-0.3, -0.25) is 4.79 Å². The van der Waals surface area contributed by atoms with E-state index < -0.39 is 12.1 Å². The highest BCUT2D eigenvalue weighted by molar-refractivity contribution is 5.82. The van der Waals surface area contributed by atoms with E-state index in [1.807, 2.05) is 0 Å². The normalized spacial score (nSPS) is 13.4. The summed E-state index contributed by atoms with van der Waals surface area (Å²) in [5.41, 5.74) is 0. The molecule has 4 heteroatoms. The minimum atomic E-state index is -0.796. The van der Waals surface area contributed by atoms with Crippen LogP contribution in [0.5, 0.6) is 0 Å². The van der Waals surface area contributed by atoms with Crippen molar-refractivity contribution in [3.8, 4) is 0 Å². The van der Waals surface area contributed by atoms with Gasteiger partial charge in [0.25, 0.3) is 0 Å². The van der Waals surface area contributed by atoms with Crippen molar-refractivity contribution in [1.29, 1.82) is 0 Å². The maximum atomic E-state index is 10.6. The number of hydrogen-bond acceptors (Lipinski definition) is 4. The van der Waals surface area contributed by atoms with Crippen LogP contribution in [0.15, 0.2) is 24.3 Å². The first-order valence-corrected chi connectivity index (χ1v) is 4.16. The standard InChI is InChI=1S/C10H14O4/c1-8(11)7-9(12)5-3-4-6-10(13)14-2/h3-6,9,12H,7H2,1-2H3/b5-3+,6-4+/t9-/m1/s1. The zero-order valence-electron chi connectivity index (χ0n) is 8.27. The van der Waals surface area contributed by atoms with Gasteiger partial charge in [0, 0.05) is 12.5 Å². The van der Waals surface area contributed by atoms with Crippen LogP contribution in [0.25, 0.3) is 0 Å². The molecule has 0 saturated carbocycles. The molecule has 0 radical (unpaired) electrons. The van der Waals surface area contributed by atoms with E-state index in [1.165, 1.54) is 38.3 Å². The number of rotatable bonds is 5. The van der Waals surface area contributed by atoms with Crippen molar-refractivity contribution in [2.24, 2.45) is 0 Å². The molecule has 0 aromatic rings. The van der Waals surface area contributed by atoms with E-state index in [-0.39, 0.29) is 12.2 Å². The first-order chi connectivity index (χ1) is 6.56. The summed E-state index contributed by atoms with van der Waals surface area (Å²) in [5, 5.41) is 9.18. The van der Waals surface area contributed by atoms with E-state index in [2.05, 4.69) is 4.74 Å². The lowest BCUT2D eigenvalue weighted by molar-refractivity contribution is -0.134. The van der Waals surface area contributed by atoms with Crippen LogP contribution < -0.4 is 0 Å². The summed E-state index contributed by atoms with van der Waals surface area (Å²) in [4.78, 5) is 21.1. The second kappa shape index (κ2) is 7.03. The van der Waals surface area contributed by atoms with Gasteiger partial charge in [0.15, 0.2) is 0 Å². The molecule has 1 atom stereocenters. The summed E-state index contributed by atoms with van der Waals surface area (Å²) in [6.07, 6.45) is 4.87. The smallest absolute Gasteiger partial charge is 0.330 e. The highest BCUT2D eigenvalue weighted by Crippen LogP contribution is 1.94. The van der Waals surface area contributed by atoms with Gasteiger partial charge in [-0.2, -0.15) is 0 Å². The average Bonchev–Trinajstić information content (AvgIpc) is 2.10. The highest BCUT2D eigenvalue weighted by Gasteiger charge is 2.01. The first-order valence-electron chi connectivity index (χ1n) is 4.16. The van der Waals surface area contributed by atoms with Crippen LogP contribution in [0.1, 0.15) is 13.3 Å². The van der Waals surface area contributed by atoms with Crippen molar-refractivity contribution in [2.45, 2.75) is 19.4 Å². The third-order valence-corrected chi connectivity index (χ3v) is 1.37. The molecule has 78 valence electrons. The molecule has 0 aliphatic carbocycles. The number of aliphatic hydroxyl groups is 1. The molecule has 0 saturated heterocycles. The van der Waals surface area contributed by atoms with Gasteiger partial charge in [-0.25, -0.2) is 4.79 Å². The fraction of sp³-hybridized carbons (Fsp3) is 0.400. The summed E-state index contributed by atoms with van der Waals surface area (Å²) >= 11 is 0. The quantitative estimate of drug-likeness (QED) is 0.399. The van der Waals surface area contributed by atoms with Crippen LogP contribution in [0, 0.1) is 0 Å². The van der Waals surface area contributed by atoms with Crippen molar-refractivity contribution >= 4 is 11.8 Å². The summed E-state index contributed by atoms with van der Waals surface area (Å²) < 4.78 is 4.35. The highest BCUT2D eigenvalue weighted by atomic mass is 16.5. The van der Waals surface area contributed by atoms with Gasteiger partial charge in [0.1, 0.15) is 5.78 Å². The fourth-order valence-corrected chi connectivity index (χ4v) is 0.757. The predicted molar refractivity (Wildman–Crippen MR) is 51.6 cm³/mol. The maximum absolute atomic E-state index is 10.6. The van der Waals surface area contributed by atoms with E-state index in [0.717, 1.165) is 0 Å². The lowest BCUT2D eigenvalue weighted by Gasteiger charge is -1.99. The van der Waals surface area contributed by atoms with E-state index in [1.54, 1.807) is 0 Å². The third-order valence-electron chi connectivity index (χ3n) is 1.37. The van der Waals surface area contributed by atoms with E-state index in [9.17, 15) is 14.7 Å². The molecule has 0 aliphatic rings. The number of methoxy groups -OCH3 is 1. The maximum Gasteiger partial charge on any atom is 0.330 e.